The van der Waals surface area contributed by atoms with Crippen LogP contribution < -0.4 is 5.32 Å². The average molecular weight is 222 g/mol. The number of carbonyl (C=O) groups excluding carboxylic acids is 1. The van der Waals surface area contributed by atoms with E-state index in [1.54, 1.807) is 14.1 Å². The van der Waals surface area contributed by atoms with Gasteiger partial charge < -0.3 is 5.32 Å². The quantitative estimate of drug-likeness (QED) is 0.751. The van der Waals surface area contributed by atoms with Crippen LogP contribution in [-0.4, -0.2) is 38.2 Å². The summed E-state index contributed by atoms with van der Waals surface area (Å²) in [5.41, 5.74) is 1.12. The standard InChI is InChI=1S/C12H18N2O2/c1-13-11(12(15)14(2)16-3)9-10-7-5-4-6-8-10/h4-8,11,13H,9H2,1-3H3/t11-/m1/s1. The number of amides is 1. The summed E-state index contributed by atoms with van der Waals surface area (Å²) in [7, 11) is 4.86. The monoisotopic (exact) mass is 222 g/mol. The highest BCUT2D eigenvalue weighted by Gasteiger charge is 2.20. The molecule has 0 saturated heterocycles. The molecule has 0 heterocycles. The van der Waals surface area contributed by atoms with Gasteiger partial charge in [-0.05, 0) is 19.0 Å². The van der Waals surface area contributed by atoms with E-state index in [1.165, 1.54) is 12.2 Å². The Hall–Kier alpha value is -1.39. The van der Waals surface area contributed by atoms with Crippen molar-refractivity contribution in [3.8, 4) is 0 Å². The lowest BCUT2D eigenvalue weighted by atomic mass is 10.1. The summed E-state index contributed by atoms with van der Waals surface area (Å²) in [4.78, 5) is 16.7. The molecule has 88 valence electrons. The first-order chi connectivity index (χ1) is 7.69. The molecule has 1 aromatic rings. The highest BCUT2D eigenvalue weighted by Crippen LogP contribution is 2.05. The fourth-order valence-corrected chi connectivity index (χ4v) is 1.47. The first-order valence-electron chi connectivity index (χ1n) is 5.22. The Balaban J connectivity index is 2.66. The average Bonchev–Trinajstić information content (AvgIpc) is 2.35. The van der Waals surface area contributed by atoms with Gasteiger partial charge in [0.2, 0.25) is 0 Å². The Bertz CT molecular complexity index is 327. The lowest BCUT2D eigenvalue weighted by molar-refractivity contribution is -0.170. The van der Waals surface area contributed by atoms with E-state index in [4.69, 9.17) is 4.84 Å². The van der Waals surface area contributed by atoms with Crippen LogP contribution in [-0.2, 0) is 16.1 Å². The molecule has 0 radical (unpaired) electrons. The molecule has 1 N–H and O–H groups in total. The summed E-state index contributed by atoms with van der Waals surface area (Å²) < 4.78 is 0. The van der Waals surface area contributed by atoms with E-state index in [0.717, 1.165) is 5.56 Å². The van der Waals surface area contributed by atoms with Crippen LogP contribution in [0.4, 0.5) is 0 Å². The van der Waals surface area contributed by atoms with Crippen LogP contribution in [0.25, 0.3) is 0 Å². The van der Waals surface area contributed by atoms with Crippen molar-refractivity contribution in [2.45, 2.75) is 12.5 Å². The number of hydrogen-bond donors (Lipinski definition) is 1. The Morgan fingerprint density at radius 2 is 2.06 bits per heavy atom. The van der Waals surface area contributed by atoms with Crippen molar-refractivity contribution in [1.29, 1.82) is 0 Å². The van der Waals surface area contributed by atoms with Crippen molar-refractivity contribution in [3.05, 3.63) is 35.9 Å². The van der Waals surface area contributed by atoms with Gasteiger partial charge >= 0.3 is 0 Å². The van der Waals surface area contributed by atoms with Gasteiger partial charge in [0.15, 0.2) is 0 Å². The predicted octanol–water partition coefficient (Wildman–Crippen LogP) is 0.837. The van der Waals surface area contributed by atoms with Crippen LogP contribution in [0.1, 0.15) is 5.56 Å². The molecule has 0 aliphatic rings. The molecule has 0 aromatic heterocycles. The summed E-state index contributed by atoms with van der Waals surface area (Å²) in [5.74, 6) is -0.0751. The summed E-state index contributed by atoms with van der Waals surface area (Å²) in [6.07, 6.45) is 0.657. The van der Waals surface area contributed by atoms with Crippen LogP contribution in [0.15, 0.2) is 30.3 Å². The summed E-state index contributed by atoms with van der Waals surface area (Å²) in [5, 5.41) is 4.23. The molecule has 0 spiro atoms. The smallest absolute Gasteiger partial charge is 0.263 e. The predicted molar refractivity (Wildman–Crippen MR) is 62.8 cm³/mol. The summed E-state index contributed by atoms with van der Waals surface area (Å²) in [6.45, 7) is 0. The van der Waals surface area contributed by atoms with E-state index in [1.807, 2.05) is 30.3 Å². The van der Waals surface area contributed by atoms with Crippen molar-refractivity contribution in [1.82, 2.24) is 10.4 Å². The molecule has 1 rings (SSSR count). The molecule has 1 amide bonds. The zero-order valence-corrected chi connectivity index (χ0v) is 9.93. The Morgan fingerprint density at radius 1 is 1.44 bits per heavy atom. The maximum Gasteiger partial charge on any atom is 0.263 e. The molecule has 1 atom stereocenters. The fraction of sp³-hybridized carbons (Fsp3) is 0.417. The number of nitrogens with zero attached hydrogens (tertiary/aromatic N) is 1. The molecule has 1 aromatic carbocycles. The van der Waals surface area contributed by atoms with Gasteiger partial charge in [0.1, 0.15) is 0 Å². The molecule has 0 bridgehead atoms. The van der Waals surface area contributed by atoms with Gasteiger partial charge in [0, 0.05) is 7.05 Å². The second-order valence-electron chi connectivity index (χ2n) is 3.55. The first-order valence-corrected chi connectivity index (χ1v) is 5.22. The zero-order valence-electron chi connectivity index (χ0n) is 9.93. The SMILES string of the molecule is CN[C@H](Cc1ccccc1)C(=O)N(C)OC. The molecule has 0 aliphatic heterocycles. The van der Waals surface area contributed by atoms with E-state index in [2.05, 4.69) is 5.32 Å². The minimum Gasteiger partial charge on any atom is -0.309 e. The number of benzene rings is 1. The van der Waals surface area contributed by atoms with E-state index in [9.17, 15) is 4.79 Å². The minimum absolute atomic E-state index is 0.0751. The normalized spacial score (nSPS) is 12.2. The van der Waals surface area contributed by atoms with Gasteiger partial charge in [0.05, 0.1) is 13.2 Å². The second-order valence-corrected chi connectivity index (χ2v) is 3.55. The van der Waals surface area contributed by atoms with E-state index in [-0.39, 0.29) is 11.9 Å². The van der Waals surface area contributed by atoms with Gasteiger partial charge in [-0.3, -0.25) is 9.63 Å². The molecule has 4 heteroatoms. The maximum atomic E-state index is 11.8. The molecule has 0 aliphatic carbocycles. The maximum absolute atomic E-state index is 11.8. The van der Waals surface area contributed by atoms with Crippen LogP contribution >= 0.6 is 0 Å². The number of rotatable bonds is 5. The van der Waals surface area contributed by atoms with Crippen molar-refractivity contribution >= 4 is 5.91 Å². The molecule has 16 heavy (non-hydrogen) atoms. The van der Waals surface area contributed by atoms with E-state index < -0.39 is 0 Å². The lowest BCUT2D eigenvalue weighted by Gasteiger charge is -2.21. The van der Waals surface area contributed by atoms with Crippen molar-refractivity contribution < 1.29 is 9.63 Å². The first kappa shape index (κ1) is 12.7. The lowest BCUT2D eigenvalue weighted by Crippen LogP contribution is -2.44. The Morgan fingerprint density at radius 3 is 2.56 bits per heavy atom. The summed E-state index contributed by atoms with van der Waals surface area (Å²) >= 11 is 0. The van der Waals surface area contributed by atoms with Crippen molar-refractivity contribution in [3.63, 3.8) is 0 Å². The molecule has 0 saturated carbocycles. The zero-order chi connectivity index (χ0) is 12.0. The van der Waals surface area contributed by atoms with Gasteiger partial charge in [-0.1, -0.05) is 30.3 Å². The number of hydroxylamine groups is 2. The van der Waals surface area contributed by atoms with Gasteiger partial charge in [-0.25, -0.2) is 5.06 Å². The van der Waals surface area contributed by atoms with Gasteiger partial charge in [-0.15, -0.1) is 0 Å². The fourth-order valence-electron chi connectivity index (χ4n) is 1.47. The van der Waals surface area contributed by atoms with Crippen LogP contribution in [0.2, 0.25) is 0 Å². The Labute approximate surface area is 96.2 Å². The second kappa shape index (κ2) is 6.25. The topological polar surface area (TPSA) is 41.6 Å². The molecule has 0 fully saturated rings. The van der Waals surface area contributed by atoms with Crippen molar-refractivity contribution in [2.75, 3.05) is 21.2 Å². The van der Waals surface area contributed by atoms with Crippen LogP contribution in [0, 0.1) is 0 Å². The largest absolute Gasteiger partial charge is 0.309 e. The third-order valence-corrected chi connectivity index (χ3v) is 2.51. The number of carbonyl (C=O) groups is 1. The molecule has 4 nitrogen and oxygen atoms in total. The molecular formula is C12H18N2O2. The molecule has 0 unspecified atom stereocenters. The van der Waals surface area contributed by atoms with Gasteiger partial charge in [0.25, 0.3) is 5.91 Å². The van der Waals surface area contributed by atoms with E-state index in [0.29, 0.717) is 6.42 Å². The summed E-state index contributed by atoms with van der Waals surface area (Å²) in [6, 6.07) is 9.64. The van der Waals surface area contributed by atoms with Crippen molar-refractivity contribution in [2.24, 2.45) is 0 Å². The third kappa shape index (κ3) is 3.32. The molecular weight excluding hydrogens is 204 g/mol. The van der Waals surface area contributed by atoms with Gasteiger partial charge in [-0.2, -0.15) is 0 Å². The van der Waals surface area contributed by atoms with E-state index >= 15 is 0 Å². The minimum atomic E-state index is -0.257. The highest BCUT2D eigenvalue weighted by molar-refractivity contribution is 5.81. The highest BCUT2D eigenvalue weighted by atomic mass is 16.7. The number of likely N-dealkylation sites (N-methyl/N-ethyl adjacent to an activating group) is 2. The Kier molecular flexibility index (Phi) is 4.95. The number of nitrogens with one attached hydrogen (secondary N) is 1. The van der Waals surface area contributed by atoms with Crippen LogP contribution in [0.3, 0.4) is 0 Å². The third-order valence-electron chi connectivity index (χ3n) is 2.51. The van der Waals surface area contributed by atoms with Crippen LogP contribution in [0.5, 0.6) is 0 Å². The number of hydrogen-bond acceptors (Lipinski definition) is 3.